The molecule has 0 radical (unpaired) electrons. The molecule has 0 aliphatic carbocycles. The number of aromatic nitrogens is 3. The first-order valence-corrected chi connectivity index (χ1v) is 7.68. The van der Waals surface area contributed by atoms with E-state index in [1.165, 1.54) is 22.3 Å². The topological polar surface area (TPSA) is 79.2 Å². The van der Waals surface area contributed by atoms with Crippen LogP contribution >= 0.6 is 11.3 Å². The average Bonchev–Trinajstić information content (AvgIpc) is 2.94. The van der Waals surface area contributed by atoms with Crippen LogP contribution in [0.4, 0.5) is 5.82 Å². The van der Waals surface area contributed by atoms with E-state index in [0.29, 0.717) is 5.92 Å². The van der Waals surface area contributed by atoms with Gasteiger partial charge in [-0.25, -0.2) is 19.7 Å². The summed E-state index contributed by atoms with van der Waals surface area (Å²) >= 11 is 1.77. The number of anilines is 1. The van der Waals surface area contributed by atoms with E-state index in [1.807, 2.05) is 6.20 Å². The highest BCUT2D eigenvalue weighted by atomic mass is 32.1. The Morgan fingerprint density at radius 1 is 1.24 bits per heavy atom. The van der Waals surface area contributed by atoms with E-state index in [2.05, 4.69) is 26.8 Å². The van der Waals surface area contributed by atoms with Crippen LogP contribution in [0.2, 0.25) is 0 Å². The minimum absolute atomic E-state index is 0.0214. The lowest BCUT2D eigenvalue weighted by molar-refractivity contribution is 0.0690. The molecule has 3 rings (SSSR count). The predicted molar refractivity (Wildman–Crippen MR) is 80.0 cm³/mol. The van der Waals surface area contributed by atoms with Crippen molar-refractivity contribution < 1.29 is 9.90 Å². The first-order valence-electron chi connectivity index (χ1n) is 6.86. The van der Waals surface area contributed by atoms with Gasteiger partial charge in [-0.15, -0.1) is 11.3 Å². The second-order valence-corrected chi connectivity index (χ2v) is 6.40. The molecule has 2 aromatic heterocycles. The lowest BCUT2D eigenvalue weighted by Crippen LogP contribution is -2.33. The number of hydrogen-bond acceptors (Lipinski definition) is 6. The normalized spacial score (nSPS) is 16.1. The summed E-state index contributed by atoms with van der Waals surface area (Å²) in [7, 11) is 0. The van der Waals surface area contributed by atoms with E-state index < -0.39 is 5.97 Å². The van der Waals surface area contributed by atoms with Crippen molar-refractivity contribution >= 4 is 23.1 Å². The predicted octanol–water partition coefficient (Wildman–Crippen LogP) is 2.32. The number of aryl methyl sites for hydroxylation is 1. The van der Waals surface area contributed by atoms with Crippen molar-refractivity contribution in [2.45, 2.75) is 25.7 Å². The molecule has 1 aliphatic heterocycles. The Hall–Kier alpha value is -2.02. The number of nitrogens with zero attached hydrogens (tertiary/aromatic N) is 4. The highest BCUT2D eigenvalue weighted by Gasteiger charge is 2.23. The molecule has 0 bridgehead atoms. The van der Waals surface area contributed by atoms with Gasteiger partial charge in [0.1, 0.15) is 5.82 Å². The number of piperidine rings is 1. The van der Waals surface area contributed by atoms with Crippen LogP contribution < -0.4 is 4.90 Å². The van der Waals surface area contributed by atoms with E-state index in [-0.39, 0.29) is 5.69 Å². The summed E-state index contributed by atoms with van der Waals surface area (Å²) in [4.78, 5) is 26.8. The van der Waals surface area contributed by atoms with Gasteiger partial charge in [0.15, 0.2) is 5.69 Å². The smallest absolute Gasteiger partial charge is 0.356 e. The Morgan fingerprint density at radius 2 is 2.00 bits per heavy atom. The van der Waals surface area contributed by atoms with E-state index in [4.69, 9.17) is 5.11 Å². The average molecular weight is 304 g/mol. The fraction of sp³-hybridized carbons (Fsp3) is 0.429. The Labute approximate surface area is 126 Å². The second-order valence-electron chi connectivity index (χ2n) is 5.14. The van der Waals surface area contributed by atoms with Crippen molar-refractivity contribution in [1.29, 1.82) is 0 Å². The Balaban J connectivity index is 1.64. The van der Waals surface area contributed by atoms with Crippen molar-refractivity contribution in [2.24, 2.45) is 0 Å². The van der Waals surface area contributed by atoms with Crippen molar-refractivity contribution in [3.8, 4) is 0 Å². The molecule has 0 atom stereocenters. The van der Waals surface area contributed by atoms with Crippen LogP contribution in [-0.4, -0.2) is 39.1 Å². The number of thiazole rings is 1. The van der Waals surface area contributed by atoms with E-state index in [0.717, 1.165) is 31.7 Å². The van der Waals surface area contributed by atoms with Crippen LogP contribution in [0, 0.1) is 6.92 Å². The molecule has 1 aliphatic rings. The summed E-state index contributed by atoms with van der Waals surface area (Å²) in [6.07, 6.45) is 6.86. The van der Waals surface area contributed by atoms with Gasteiger partial charge in [-0.2, -0.15) is 0 Å². The standard InChI is InChI=1S/C14H16N4O2S/c1-9-6-17-13(21-9)10-2-4-18(5-3-10)12-8-15-11(7-16-12)14(19)20/h6-8,10H,2-5H2,1H3,(H,19,20). The summed E-state index contributed by atoms with van der Waals surface area (Å²) < 4.78 is 0. The van der Waals surface area contributed by atoms with Gasteiger partial charge in [0.2, 0.25) is 0 Å². The summed E-state index contributed by atoms with van der Waals surface area (Å²) in [6, 6.07) is 0. The van der Waals surface area contributed by atoms with Crippen LogP contribution in [0.15, 0.2) is 18.6 Å². The molecule has 1 fully saturated rings. The van der Waals surface area contributed by atoms with Crippen LogP contribution in [0.3, 0.4) is 0 Å². The first-order chi connectivity index (χ1) is 10.1. The molecular weight excluding hydrogens is 288 g/mol. The monoisotopic (exact) mass is 304 g/mol. The third kappa shape index (κ3) is 3.02. The Bertz CT molecular complexity index is 633. The number of carboxylic acids is 1. The highest BCUT2D eigenvalue weighted by molar-refractivity contribution is 7.11. The van der Waals surface area contributed by atoms with Crippen molar-refractivity contribution in [1.82, 2.24) is 15.0 Å². The minimum Gasteiger partial charge on any atom is -0.476 e. The summed E-state index contributed by atoms with van der Waals surface area (Å²) in [5.74, 6) is 0.215. The minimum atomic E-state index is -1.05. The molecule has 3 heterocycles. The lowest BCUT2D eigenvalue weighted by Gasteiger charge is -2.31. The van der Waals surface area contributed by atoms with Crippen LogP contribution in [0.25, 0.3) is 0 Å². The molecule has 110 valence electrons. The molecule has 6 nitrogen and oxygen atoms in total. The van der Waals surface area contributed by atoms with Gasteiger partial charge in [-0.05, 0) is 19.8 Å². The quantitative estimate of drug-likeness (QED) is 0.937. The zero-order chi connectivity index (χ0) is 14.8. The highest BCUT2D eigenvalue weighted by Crippen LogP contribution is 2.31. The van der Waals surface area contributed by atoms with Gasteiger partial charge in [-0.1, -0.05) is 0 Å². The van der Waals surface area contributed by atoms with Gasteiger partial charge in [-0.3, -0.25) is 0 Å². The molecule has 0 spiro atoms. The molecule has 7 heteroatoms. The third-order valence-electron chi connectivity index (χ3n) is 3.66. The third-order valence-corrected chi connectivity index (χ3v) is 4.74. The van der Waals surface area contributed by atoms with Crippen LogP contribution in [0.5, 0.6) is 0 Å². The first kappa shape index (κ1) is 13.9. The van der Waals surface area contributed by atoms with Crippen molar-refractivity contribution in [3.63, 3.8) is 0 Å². The molecule has 1 N–H and O–H groups in total. The molecule has 0 amide bonds. The van der Waals surface area contributed by atoms with E-state index in [9.17, 15) is 4.79 Å². The number of aromatic carboxylic acids is 1. The maximum atomic E-state index is 10.8. The second kappa shape index (κ2) is 5.77. The molecule has 0 saturated carbocycles. The molecule has 1 saturated heterocycles. The fourth-order valence-electron chi connectivity index (χ4n) is 2.51. The van der Waals surface area contributed by atoms with E-state index in [1.54, 1.807) is 11.3 Å². The van der Waals surface area contributed by atoms with Crippen LogP contribution in [0.1, 0.15) is 39.1 Å². The molecule has 0 unspecified atom stereocenters. The fourth-order valence-corrected chi connectivity index (χ4v) is 3.45. The molecular formula is C14H16N4O2S. The van der Waals surface area contributed by atoms with Gasteiger partial charge in [0.25, 0.3) is 0 Å². The molecule has 2 aromatic rings. The number of carbonyl (C=O) groups is 1. The van der Waals surface area contributed by atoms with E-state index >= 15 is 0 Å². The molecule has 0 aromatic carbocycles. The Kier molecular flexibility index (Phi) is 3.83. The SMILES string of the molecule is Cc1cnc(C2CCN(c3cnc(C(=O)O)cn3)CC2)s1. The van der Waals surface area contributed by atoms with Gasteiger partial charge < -0.3 is 10.0 Å². The number of carboxylic acid groups (broad SMARTS) is 1. The van der Waals surface area contributed by atoms with Crippen molar-refractivity contribution in [2.75, 3.05) is 18.0 Å². The lowest BCUT2D eigenvalue weighted by atomic mass is 9.98. The summed E-state index contributed by atoms with van der Waals surface area (Å²) in [5.41, 5.74) is -0.0214. The maximum absolute atomic E-state index is 10.8. The maximum Gasteiger partial charge on any atom is 0.356 e. The summed E-state index contributed by atoms with van der Waals surface area (Å²) in [6.45, 7) is 3.87. The Morgan fingerprint density at radius 3 is 2.52 bits per heavy atom. The summed E-state index contributed by atoms with van der Waals surface area (Å²) in [5, 5.41) is 10.0. The van der Waals surface area contributed by atoms with Gasteiger partial charge in [0, 0.05) is 30.1 Å². The zero-order valence-electron chi connectivity index (χ0n) is 11.7. The van der Waals surface area contributed by atoms with Gasteiger partial charge in [0.05, 0.1) is 17.4 Å². The largest absolute Gasteiger partial charge is 0.476 e. The molecule has 21 heavy (non-hydrogen) atoms. The zero-order valence-corrected chi connectivity index (χ0v) is 12.5. The van der Waals surface area contributed by atoms with Crippen LogP contribution in [-0.2, 0) is 0 Å². The van der Waals surface area contributed by atoms with Crippen molar-refractivity contribution in [3.05, 3.63) is 34.2 Å². The number of rotatable bonds is 3. The van der Waals surface area contributed by atoms with Gasteiger partial charge >= 0.3 is 5.97 Å². The number of hydrogen-bond donors (Lipinski definition) is 1.